The molecule has 0 spiro atoms. The van der Waals surface area contributed by atoms with E-state index in [1.165, 1.54) is 0 Å². The van der Waals surface area contributed by atoms with Gasteiger partial charge in [-0.25, -0.2) is 0 Å². The standard InChI is InChI=1S/C14H25N3O9/c18-6(19)1-3-15-9-12(24)10(16-4-2-7(20)21)14(26)11(13(9)25)17-5-8(22)23/h9-17,24-26H,1-5H2,(H,18,19)(H,20,21)(H,22,23)/t9-,10-,11?,12?,13-,14+/m1/s1. The minimum atomic E-state index is -1.41. The van der Waals surface area contributed by atoms with Crippen molar-refractivity contribution in [3.05, 3.63) is 0 Å². The van der Waals surface area contributed by atoms with E-state index in [1.807, 2.05) is 0 Å². The van der Waals surface area contributed by atoms with E-state index in [2.05, 4.69) is 16.0 Å². The second-order valence-corrected chi connectivity index (χ2v) is 6.02. The second kappa shape index (κ2) is 10.4. The van der Waals surface area contributed by atoms with Crippen molar-refractivity contribution in [2.45, 2.75) is 49.3 Å². The van der Waals surface area contributed by atoms with Crippen LogP contribution in [0.5, 0.6) is 0 Å². The first kappa shape index (κ1) is 22.2. The molecule has 6 atom stereocenters. The highest BCUT2D eigenvalue weighted by molar-refractivity contribution is 5.69. The van der Waals surface area contributed by atoms with Gasteiger partial charge in [0.15, 0.2) is 0 Å². The average Bonchev–Trinajstić information content (AvgIpc) is 2.53. The number of aliphatic hydroxyl groups is 3. The zero-order valence-corrected chi connectivity index (χ0v) is 13.9. The lowest BCUT2D eigenvalue weighted by Crippen LogP contribution is -2.74. The molecule has 0 bridgehead atoms. The van der Waals surface area contributed by atoms with Crippen molar-refractivity contribution in [2.75, 3.05) is 19.6 Å². The molecular formula is C14H25N3O9. The Kier molecular flexibility index (Phi) is 8.84. The predicted molar refractivity (Wildman–Crippen MR) is 85.5 cm³/mol. The molecule has 0 aromatic heterocycles. The number of hydrogen-bond donors (Lipinski definition) is 9. The molecule has 0 aromatic carbocycles. The number of rotatable bonds is 11. The minimum Gasteiger partial charge on any atom is -0.481 e. The first-order valence-electron chi connectivity index (χ1n) is 8.05. The molecule has 0 aliphatic heterocycles. The third kappa shape index (κ3) is 6.48. The summed E-state index contributed by atoms with van der Waals surface area (Å²) in [5.41, 5.74) is 0. The zero-order chi connectivity index (χ0) is 19.9. The van der Waals surface area contributed by atoms with Gasteiger partial charge in [-0.1, -0.05) is 0 Å². The molecule has 0 aromatic rings. The molecule has 0 amide bonds. The molecular weight excluding hydrogens is 354 g/mol. The fraction of sp³-hybridized carbons (Fsp3) is 0.786. The Morgan fingerprint density at radius 2 is 0.962 bits per heavy atom. The van der Waals surface area contributed by atoms with Crippen LogP contribution in [0.2, 0.25) is 0 Å². The monoisotopic (exact) mass is 379 g/mol. The minimum absolute atomic E-state index is 0.0717. The molecule has 2 unspecified atom stereocenters. The van der Waals surface area contributed by atoms with Crippen LogP contribution in [0, 0.1) is 0 Å². The van der Waals surface area contributed by atoms with Crippen LogP contribution in [0.15, 0.2) is 0 Å². The molecule has 12 heteroatoms. The molecule has 1 fully saturated rings. The number of carboxylic acids is 3. The summed E-state index contributed by atoms with van der Waals surface area (Å²) < 4.78 is 0. The highest BCUT2D eigenvalue weighted by Gasteiger charge is 2.48. The maximum Gasteiger partial charge on any atom is 0.317 e. The number of aliphatic hydroxyl groups excluding tert-OH is 3. The largest absolute Gasteiger partial charge is 0.481 e. The first-order chi connectivity index (χ1) is 12.1. The van der Waals surface area contributed by atoms with Crippen LogP contribution in [0.25, 0.3) is 0 Å². The van der Waals surface area contributed by atoms with E-state index in [9.17, 15) is 29.7 Å². The quantitative estimate of drug-likeness (QED) is 0.168. The topological polar surface area (TPSA) is 209 Å². The summed E-state index contributed by atoms with van der Waals surface area (Å²) >= 11 is 0. The maximum atomic E-state index is 10.7. The van der Waals surface area contributed by atoms with Gasteiger partial charge in [0, 0.05) is 13.1 Å². The Morgan fingerprint density at radius 3 is 1.27 bits per heavy atom. The van der Waals surface area contributed by atoms with E-state index in [0.29, 0.717) is 0 Å². The fourth-order valence-electron chi connectivity index (χ4n) is 2.90. The van der Waals surface area contributed by atoms with E-state index >= 15 is 0 Å². The van der Waals surface area contributed by atoms with Gasteiger partial charge < -0.3 is 41.3 Å². The lowest BCUT2D eigenvalue weighted by molar-refractivity contribution is -0.139. The molecule has 12 nitrogen and oxygen atoms in total. The molecule has 9 N–H and O–H groups in total. The van der Waals surface area contributed by atoms with Gasteiger partial charge in [0.2, 0.25) is 0 Å². The van der Waals surface area contributed by atoms with Crippen LogP contribution < -0.4 is 16.0 Å². The van der Waals surface area contributed by atoms with Gasteiger partial charge in [-0.2, -0.15) is 0 Å². The summed E-state index contributed by atoms with van der Waals surface area (Å²) in [6, 6.07) is -3.27. The highest BCUT2D eigenvalue weighted by atomic mass is 16.4. The van der Waals surface area contributed by atoms with Gasteiger partial charge in [-0.05, 0) is 0 Å². The van der Waals surface area contributed by atoms with Gasteiger partial charge in [0.05, 0.1) is 55.8 Å². The van der Waals surface area contributed by atoms with E-state index in [0.717, 1.165) is 0 Å². The third-order valence-corrected chi connectivity index (χ3v) is 4.13. The number of nitrogens with one attached hydrogen (secondary N) is 3. The van der Waals surface area contributed by atoms with Crippen molar-refractivity contribution in [3.63, 3.8) is 0 Å². The summed E-state index contributed by atoms with van der Waals surface area (Å²) in [6.45, 7) is -0.700. The zero-order valence-electron chi connectivity index (χ0n) is 13.9. The maximum absolute atomic E-state index is 10.7. The highest BCUT2D eigenvalue weighted by Crippen LogP contribution is 2.22. The Labute approximate surface area is 148 Å². The molecule has 0 saturated heterocycles. The fourth-order valence-corrected chi connectivity index (χ4v) is 2.90. The Morgan fingerprint density at radius 1 is 0.615 bits per heavy atom. The summed E-state index contributed by atoms with van der Waals surface area (Å²) in [7, 11) is 0. The molecule has 1 aliphatic rings. The van der Waals surface area contributed by atoms with Gasteiger partial charge in [0.25, 0.3) is 0 Å². The Hall–Kier alpha value is -1.83. The molecule has 26 heavy (non-hydrogen) atoms. The summed E-state index contributed by atoms with van der Waals surface area (Å²) in [4.78, 5) is 32.0. The molecule has 0 heterocycles. The first-order valence-corrected chi connectivity index (χ1v) is 8.05. The van der Waals surface area contributed by atoms with Crippen molar-refractivity contribution in [1.29, 1.82) is 0 Å². The van der Waals surface area contributed by atoms with Crippen LogP contribution in [0.4, 0.5) is 0 Å². The number of carboxylic acid groups (broad SMARTS) is 3. The molecule has 0 radical (unpaired) electrons. The molecule has 1 aliphatic carbocycles. The van der Waals surface area contributed by atoms with E-state index in [1.54, 1.807) is 0 Å². The van der Waals surface area contributed by atoms with Gasteiger partial charge >= 0.3 is 17.9 Å². The Balaban J connectivity index is 2.86. The van der Waals surface area contributed by atoms with Crippen LogP contribution >= 0.6 is 0 Å². The van der Waals surface area contributed by atoms with Crippen molar-refractivity contribution < 1.29 is 45.0 Å². The van der Waals surface area contributed by atoms with Crippen LogP contribution in [0.3, 0.4) is 0 Å². The van der Waals surface area contributed by atoms with Crippen molar-refractivity contribution in [3.8, 4) is 0 Å². The smallest absolute Gasteiger partial charge is 0.317 e. The average molecular weight is 379 g/mol. The predicted octanol–water partition coefficient (Wildman–Crippen LogP) is -4.01. The van der Waals surface area contributed by atoms with Crippen molar-refractivity contribution in [1.82, 2.24) is 16.0 Å². The molecule has 1 rings (SSSR count). The molecule has 150 valence electrons. The van der Waals surface area contributed by atoms with E-state index < -0.39 is 60.9 Å². The van der Waals surface area contributed by atoms with Crippen LogP contribution in [-0.4, -0.2) is 105 Å². The van der Waals surface area contributed by atoms with Crippen LogP contribution in [-0.2, 0) is 14.4 Å². The Bertz CT molecular complexity index is 470. The second-order valence-electron chi connectivity index (χ2n) is 6.02. The van der Waals surface area contributed by atoms with Crippen molar-refractivity contribution >= 4 is 17.9 Å². The summed E-state index contributed by atoms with van der Waals surface area (Å²) in [6.07, 6.45) is -4.74. The number of hydrogen-bond acceptors (Lipinski definition) is 9. The number of carbonyl (C=O) groups is 3. The third-order valence-electron chi connectivity index (χ3n) is 4.13. The van der Waals surface area contributed by atoms with Gasteiger partial charge in [0.1, 0.15) is 0 Å². The summed E-state index contributed by atoms with van der Waals surface area (Å²) in [5.74, 6) is -3.40. The number of aliphatic carboxylic acids is 3. The van der Waals surface area contributed by atoms with E-state index in [-0.39, 0.29) is 25.9 Å². The SMILES string of the molecule is O=C(O)CCN[C@@H]1C(O)[C@@H](NCCC(=O)O)[C@@H](O)C(NCC(=O)O)[C@H]1O. The van der Waals surface area contributed by atoms with Gasteiger partial charge in [-0.15, -0.1) is 0 Å². The van der Waals surface area contributed by atoms with Gasteiger partial charge in [-0.3, -0.25) is 19.7 Å². The normalized spacial score (nSPS) is 31.5. The lowest BCUT2D eigenvalue weighted by Gasteiger charge is -2.47. The van der Waals surface area contributed by atoms with E-state index in [4.69, 9.17) is 15.3 Å². The summed E-state index contributed by atoms with van der Waals surface area (Å²) in [5, 5.41) is 65.1. The van der Waals surface area contributed by atoms with Crippen LogP contribution in [0.1, 0.15) is 12.8 Å². The lowest BCUT2D eigenvalue weighted by atomic mass is 9.79. The molecule has 1 saturated carbocycles. The van der Waals surface area contributed by atoms with Crippen molar-refractivity contribution in [2.24, 2.45) is 0 Å².